The van der Waals surface area contributed by atoms with Crippen LogP contribution in [0.15, 0.2) is 58.8 Å². The monoisotopic (exact) mass is 471 g/mol. The van der Waals surface area contributed by atoms with Gasteiger partial charge < -0.3 is 4.74 Å². The van der Waals surface area contributed by atoms with Gasteiger partial charge in [0.2, 0.25) is 10.0 Å². The summed E-state index contributed by atoms with van der Waals surface area (Å²) in [5.74, 6) is -0.341. The van der Waals surface area contributed by atoms with Gasteiger partial charge >= 0.3 is 0 Å². The van der Waals surface area contributed by atoms with Gasteiger partial charge in [0, 0.05) is 36.7 Å². The molecule has 168 valence electrons. The first-order valence-corrected chi connectivity index (χ1v) is 12.7. The first-order valence-electron chi connectivity index (χ1n) is 10.3. The number of thiazole rings is 1. The van der Waals surface area contributed by atoms with Gasteiger partial charge in [-0.3, -0.25) is 10.1 Å². The SMILES string of the molecule is Cc1ccc(-c2csc(NC(=O)c3ccc(S(=O)(=O)N(C)CC4CCCO4)cc3)n2)cc1. The highest BCUT2D eigenvalue weighted by Gasteiger charge is 2.26. The van der Waals surface area contributed by atoms with Crippen molar-refractivity contribution in [3.8, 4) is 11.3 Å². The number of sulfonamides is 1. The zero-order valence-electron chi connectivity index (χ0n) is 17.9. The third-order valence-electron chi connectivity index (χ3n) is 5.38. The molecule has 1 aliphatic heterocycles. The maximum atomic E-state index is 12.8. The minimum atomic E-state index is -3.65. The van der Waals surface area contributed by atoms with E-state index in [0.29, 0.717) is 23.8 Å². The van der Waals surface area contributed by atoms with Crippen molar-refractivity contribution < 1.29 is 17.9 Å². The van der Waals surface area contributed by atoms with Gasteiger partial charge in [-0.1, -0.05) is 29.8 Å². The summed E-state index contributed by atoms with van der Waals surface area (Å²) < 4.78 is 32.5. The second-order valence-electron chi connectivity index (χ2n) is 7.80. The fourth-order valence-electron chi connectivity index (χ4n) is 3.49. The van der Waals surface area contributed by atoms with Gasteiger partial charge in [-0.2, -0.15) is 4.31 Å². The zero-order chi connectivity index (χ0) is 22.7. The number of aryl methyl sites for hydroxylation is 1. The third-order valence-corrected chi connectivity index (χ3v) is 7.98. The molecule has 4 rings (SSSR count). The molecule has 1 fully saturated rings. The van der Waals surface area contributed by atoms with Crippen molar-refractivity contribution in [1.29, 1.82) is 0 Å². The molecule has 2 heterocycles. The first kappa shape index (κ1) is 22.6. The quantitative estimate of drug-likeness (QED) is 0.559. The minimum absolute atomic E-state index is 0.0667. The van der Waals surface area contributed by atoms with Crippen LogP contribution in [0.25, 0.3) is 11.3 Å². The van der Waals surface area contributed by atoms with Crippen LogP contribution in [0, 0.1) is 6.92 Å². The van der Waals surface area contributed by atoms with Gasteiger partial charge in [0.1, 0.15) is 0 Å². The van der Waals surface area contributed by atoms with E-state index in [9.17, 15) is 13.2 Å². The fraction of sp³-hybridized carbons (Fsp3) is 0.304. The number of nitrogens with zero attached hydrogens (tertiary/aromatic N) is 2. The Hall–Kier alpha value is -2.59. The van der Waals surface area contributed by atoms with Crippen LogP contribution in [0.3, 0.4) is 0 Å². The van der Waals surface area contributed by atoms with E-state index >= 15 is 0 Å². The molecule has 1 aromatic heterocycles. The highest BCUT2D eigenvalue weighted by atomic mass is 32.2. The van der Waals surface area contributed by atoms with Crippen molar-refractivity contribution in [3.63, 3.8) is 0 Å². The Morgan fingerprint density at radius 2 is 1.91 bits per heavy atom. The number of likely N-dealkylation sites (N-methyl/N-ethyl adjacent to an activating group) is 1. The van der Waals surface area contributed by atoms with E-state index in [2.05, 4.69) is 10.3 Å². The summed E-state index contributed by atoms with van der Waals surface area (Å²) in [6, 6.07) is 13.9. The van der Waals surface area contributed by atoms with Crippen LogP contribution in [-0.2, 0) is 14.8 Å². The number of rotatable bonds is 7. The predicted molar refractivity (Wildman–Crippen MR) is 125 cm³/mol. The van der Waals surface area contributed by atoms with Crippen molar-refractivity contribution in [2.75, 3.05) is 25.5 Å². The predicted octanol–water partition coefficient (Wildman–Crippen LogP) is 4.17. The van der Waals surface area contributed by atoms with Gasteiger partial charge in [-0.15, -0.1) is 11.3 Å². The van der Waals surface area contributed by atoms with Crippen molar-refractivity contribution in [3.05, 3.63) is 65.0 Å². The molecule has 0 aliphatic carbocycles. The van der Waals surface area contributed by atoms with Crippen LogP contribution in [0.2, 0.25) is 0 Å². The molecule has 1 saturated heterocycles. The van der Waals surface area contributed by atoms with Crippen LogP contribution in [0.4, 0.5) is 5.13 Å². The van der Waals surface area contributed by atoms with E-state index in [-0.39, 0.29) is 16.9 Å². The largest absolute Gasteiger partial charge is 0.377 e. The lowest BCUT2D eigenvalue weighted by Crippen LogP contribution is -2.34. The molecule has 9 heteroatoms. The highest BCUT2D eigenvalue weighted by molar-refractivity contribution is 7.89. The average molecular weight is 472 g/mol. The van der Waals surface area contributed by atoms with Gasteiger partial charge in [0.15, 0.2) is 5.13 Å². The highest BCUT2D eigenvalue weighted by Crippen LogP contribution is 2.26. The summed E-state index contributed by atoms with van der Waals surface area (Å²) >= 11 is 1.34. The number of benzene rings is 2. The van der Waals surface area contributed by atoms with Crippen LogP contribution in [0.5, 0.6) is 0 Å². The lowest BCUT2D eigenvalue weighted by atomic mass is 10.1. The second-order valence-corrected chi connectivity index (χ2v) is 10.7. The summed E-state index contributed by atoms with van der Waals surface area (Å²) in [5, 5.41) is 5.15. The number of carbonyl (C=O) groups excluding carboxylic acids is 1. The molecule has 32 heavy (non-hydrogen) atoms. The second kappa shape index (κ2) is 9.50. The Morgan fingerprint density at radius 3 is 2.56 bits per heavy atom. The first-order chi connectivity index (χ1) is 15.3. The normalized spacial score (nSPS) is 16.4. The van der Waals surface area contributed by atoms with E-state index in [1.165, 1.54) is 45.5 Å². The summed E-state index contributed by atoms with van der Waals surface area (Å²) in [5.41, 5.74) is 3.30. The molecule has 0 saturated carbocycles. The molecular formula is C23H25N3O4S2. The van der Waals surface area contributed by atoms with Crippen molar-refractivity contribution in [2.24, 2.45) is 0 Å². The zero-order valence-corrected chi connectivity index (χ0v) is 19.6. The molecule has 0 spiro atoms. The summed E-state index contributed by atoms with van der Waals surface area (Å²) in [7, 11) is -2.10. The van der Waals surface area contributed by atoms with Gasteiger partial charge in [0.05, 0.1) is 16.7 Å². The third kappa shape index (κ3) is 5.07. The molecule has 1 unspecified atom stereocenters. The smallest absolute Gasteiger partial charge is 0.257 e. The average Bonchev–Trinajstić information content (AvgIpc) is 3.46. The van der Waals surface area contributed by atoms with Gasteiger partial charge in [-0.05, 0) is 44.0 Å². The van der Waals surface area contributed by atoms with E-state index in [4.69, 9.17) is 4.74 Å². The van der Waals surface area contributed by atoms with Crippen molar-refractivity contribution >= 4 is 32.4 Å². The molecule has 2 aromatic carbocycles. The van der Waals surface area contributed by atoms with Crippen molar-refractivity contribution in [2.45, 2.75) is 30.8 Å². The maximum absolute atomic E-state index is 12.8. The van der Waals surface area contributed by atoms with Gasteiger partial charge in [0.25, 0.3) is 5.91 Å². The van der Waals surface area contributed by atoms with Crippen LogP contribution in [0.1, 0.15) is 28.8 Å². The molecular weight excluding hydrogens is 446 g/mol. The van der Waals surface area contributed by atoms with Gasteiger partial charge in [-0.25, -0.2) is 13.4 Å². The molecule has 0 bridgehead atoms. The molecule has 7 nitrogen and oxygen atoms in total. The van der Waals surface area contributed by atoms with E-state index in [1.54, 1.807) is 7.05 Å². The lowest BCUT2D eigenvalue weighted by Gasteiger charge is -2.20. The van der Waals surface area contributed by atoms with E-state index in [1.807, 2.05) is 36.6 Å². The fourth-order valence-corrected chi connectivity index (χ4v) is 5.41. The molecule has 3 aromatic rings. The number of amides is 1. The summed E-state index contributed by atoms with van der Waals surface area (Å²) in [6.07, 6.45) is 1.75. The minimum Gasteiger partial charge on any atom is -0.377 e. The molecule has 1 amide bonds. The number of hydrogen-bond acceptors (Lipinski definition) is 6. The van der Waals surface area contributed by atoms with Crippen LogP contribution >= 0.6 is 11.3 Å². The molecule has 1 atom stereocenters. The Balaban J connectivity index is 1.41. The van der Waals surface area contributed by atoms with Crippen LogP contribution < -0.4 is 5.32 Å². The number of hydrogen-bond donors (Lipinski definition) is 1. The van der Waals surface area contributed by atoms with Crippen molar-refractivity contribution in [1.82, 2.24) is 9.29 Å². The van der Waals surface area contributed by atoms with E-state index in [0.717, 1.165) is 24.1 Å². The standard InChI is InChI=1S/C23H25N3O4S2/c1-16-5-7-17(8-6-16)21-15-31-23(24-21)25-22(27)18-9-11-20(12-10-18)32(28,29)26(2)14-19-4-3-13-30-19/h5-12,15,19H,3-4,13-14H2,1-2H3,(H,24,25,27). The Morgan fingerprint density at radius 1 is 1.19 bits per heavy atom. The van der Waals surface area contributed by atoms with E-state index < -0.39 is 10.0 Å². The number of ether oxygens (including phenoxy) is 1. The maximum Gasteiger partial charge on any atom is 0.257 e. The summed E-state index contributed by atoms with van der Waals surface area (Å²) in [4.78, 5) is 17.2. The Labute approximate surface area is 192 Å². The Kier molecular flexibility index (Phi) is 6.71. The number of aromatic nitrogens is 1. The molecule has 0 radical (unpaired) electrons. The molecule has 1 aliphatic rings. The number of nitrogens with one attached hydrogen (secondary N) is 1. The molecule has 1 N–H and O–H groups in total. The summed E-state index contributed by atoms with van der Waals surface area (Å²) in [6.45, 7) is 3.01. The number of anilines is 1. The lowest BCUT2D eigenvalue weighted by molar-refractivity contribution is 0.0979. The van der Waals surface area contributed by atoms with Crippen LogP contribution in [-0.4, -0.2) is 49.9 Å². The Bertz CT molecular complexity index is 1180. The topological polar surface area (TPSA) is 88.6 Å². The number of carbonyl (C=O) groups is 1.